The van der Waals surface area contributed by atoms with Crippen LogP contribution < -0.4 is 0 Å². The second-order valence-electron chi connectivity index (χ2n) is 3.15. The van der Waals surface area contributed by atoms with Gasteiger partial charge >= 0.3 is 11.9 Å². The summed E-state index contributed by atoms with van der Waals surface area (Å²) in [7, 11) is 2.47. The molecule has 0 atom stereocenters. The van der Waals surface area contributed by atoms with Gasteiger partial charge in [0.1, 0.15) is 5.57 Å². The largest absolute Gasteiger partial charge is 0.469 e. The van der Waals surface area contributed by atoms with Crippen molar-refractivity contribution in [3.05, 3.63) is 11.1 Å². The summed E-state index contributed by atoms with van der Waals surface area (Å²) in [4.78, 5) is 33.6. The Labute approximate surface area is 87.0 Å². The third-order valence-corrected chi connectivity index (χ3v) is 2.26. The monoisotopic (exact) mass is 212 g/mol. The van der Waals surface area contributed by atoms with E-state index in [0.717, 1.165) is 0 Å². The quantitative estimate of drug-likeness (QED) is 0.499. The summed E-state index contributed by atoms with van der Waals surface area (Å²) in [5, 5.41) is 0. The molecule has 0 unspecified atom stereocenters. The predicted octanol–water partition coefficient (Wildman–Crippen LogP) is 0.382. The molecule has 0 aromatic carbocycles. The van der Waals surface area contributed by atoms with Crippen LogP contribution in [0.5, 0.6) is 0 Å². The average molecular weight is 212 g/mol. The molecule has 5 heteroatoms. The fourth-order valence-corrected chi connectivity index (χ4v) is 1.49. The predicted molar refractivity (Wildman–Crippen MR) is 49.9 cm³/mol. The molecular formula is C10H12O5. The molecule has 0 radical (unpaired) electrons. The summed E-state index contributed by atoms with van der Waals surface area (Å²) in [6, 6.07) is 0. The SMILES string of the molecule is COC(=O)CC1=C(C(=O)OC)C(=O)CC1. The number of Topliss-reactive ketones (excluding diaryl/α,β-unsaturated/α-hetero) is 1. The zero-order valence-electron chi connectivity index (χ0n) is 8.66. The van der Waals surface area contributed by atoms with E-state index in [-0.39, 0.29) is 24.2 Å². The second-order valence-corrected chi connectivity index (χ2v) is 3.15. The van der Waals surface area contributed by atoms with Gasteiger partial charge in [0.2, 0.25) is 0 Å². The van der Waals surface area contributed by atoms with E-state index >= 15 is 0 Å². The first kappa shape index (κ1) is 11.4. The van der Waals surface area contributed by atoms with Crippen LogP contribution in [0.3, 0.4) is 0 Å². The Balaban J connectivity index is 2.90. The van der Waals surface area contributed by atoms with Gasteiger partial charge in [-0.25, -0.2) is 4.79 Å². The van der Waals surface area contributed by atoms with Gasteiger partial charge in [0.25, 0.3) is 0 Å². The Kier molecular flexibility index (Phi) is 3.60. The maximum Gasteiger partial charge on any atom is 0.341 e. The molecule has 5 nitrogen and oxygen atoms in total. The number of esters is 2. The highest BCUT2D eigenvalue weighted by Crippen LogP contribution is 2.26. The third-order valence-electron chi connectivity index (χ3n) is 2.26. The molecule has 0 saturated heterocycles. The summed E-state index contributed by atoms with van der Waals surface area (Å²) in [5.74, 6) is -1.39. The lowest BCUT2D eigenvalue weighted by Crippen LogP contribution is -2.12. The van der Waals surface area contributed by atoms with Crippen LogP contribution >= 0.6 is 0 Å². The number of hydrogen-bond donors (Lipinski definition) is 0. The van der Waals surface area contributed by atoms with Crippen molar-refractivity contribution in [2.75, 3.05) is 14.2 Å². The number of methoxy groups -OCH3 is 2. The lowest BCUT2D eigenvalue weighted by Gasteiger charge is -2.03. The number of ketones is 1. The second kappa shape index (κ2) is 4.72. The Morgan fingerprint density at radius 2 is 1.87 bits per heavy atom. The van der Waals surface area contributed by atoms with Gasteiger partial charge in [-0.1, -0.05) is 0 Å². The van der Waals surface area contributed by atoms with Crippen LogP contribution in [0.2, 0.25) is 0 Å². The lowest BCUT2D eigenvalue weighted by atomic mass is 10.1. The molecular weight excluding hydrogens is 200 g/mol. The molecule has 0 aromatic rings. The molecule has 1 aliphatic carbocycles. The molecule has 0 bridgehead atoms. The Morgan fingerprint density at radius 3 is 2.40 bits per heavy atom. The Morgan fingerprint density at radius 1 is 1.20 bits per heavy atom. The van der Waals surface area contributed by atoms with Gasteiger partial charge < -0.3 is 9.47 Å². The smallest absolute Gasteiger partial charge is 0.341 e. The molecule has 0 fully saturated rings. The first-order valence-corrected chi connectivity index (χ1v) is 4.50. The van der Waals surface area contributed by atoms with Gasteiger partial charge in [-0.15, -0.1) is 0 Å². The minimum absolute atomic E-state index is 0.0166. The fraction of sp³-hybridized carbons (Fsp3) is 0.500. The van der Waals surface area contributed by atoms with Crippen molar-refractivity contribution in [1.82, 2.24) is 0 Å². The van der Waals surface area contributed by atoms with Crippen molar-refractivity contribution in [2.24, 2.45) is 0 Å². The number of carbonyl (C=O) groups is 3. The highest BCUT2D eigenvalue weighted by molar-refractivity contribution is 6.19. The maximum absolute atomic E-state index is 11.3. The normalized spacial score (nSPS) is 15.5. The summed E-state index contributed by atoms with van der Waals surface area (Å²) < 4.78 is 8.95. The van der Waals surface area contributed by atoms with E-state index in [1.165, 1.54) is 14.2 Å². The van der Waals surface area contributed by atoms with Gasteiger partial charge in [-0.2, -0.15) is 0 Å². The molecule has 0 aromatic heterocycles. The van der Waals surface area contributed by atoms with Gasteiger partial charge in [-0.05, 0) is 12.0 Å². The molecule has 82 valence electrons. The molecule has 1 aliphatic rings. The van der Waals surface area contributed by atoms with Crippen molar-refractivity contribution in [3.63, 3.8) is 0 Å². The van der Waals surface area contributed by atoms with E-state index in [9.17, 15) is 14.4 Å². The first-order chi connectivity index (χ1) is 7.10. The topological polar surface area (TPSA) is 69.7 Å². The standard InChI is InChI=1S/C10H12O5/c1-14-8(12)5-6-3-4-7(11)9(6)10(13)15-2/h3-5H2,1-2H3. The van der Waals surface area contributed by atoms with Crippen LogP contribution in [-0.4, -0.2) is 31.9 Å². The van der Waals surface area contributed by atoms with E-state index in [4.69, 9.17) is 0 Å². The highest BCUT2D eigenvalue weighted by atomic mass is 16.5. The summed E-state index contributed by atoms with van der Waals surface area (Å²) in [5.41, 5.74) is 0.529. The average Bonchev–Trinajstić information content (AvgIpc) is 2.58. The van der Waals surface area contributed by atoms with E-state index in [1.54, 1.807) is 0 Å². The number of rotatable bonds is 3. The number of ether oxygens (including phenoxy) is 2. The van der Waals surface area contributed by atoms with Crippen LogP contribution in [0.25, 0.3) is 0 Å². The zero-order valence-corrected chi connectivity index (χ0v) is 8.66. The Bertz CT molecular complexity index is 340. The third kappa shape index (κ3) is 2.43. The molecule has 15 heavy (non-hydrogen) atoms. The number of hydrogen-bond acceptors (Lipinski definition) is 5. The van der Waals surface area contributed by atoms with Crippen molar-refractivity contribution in [2.45, 2.75) is 19.3 Å². The molecule has 0 aliphatic heterocycles. The van der Waals surface area contributed by atoms with Gasteiger partial charge in [0.15, 0.2) is 5.78 Å². The summed E-state index contributed by atoms with van der Waals surface area (Å²) in [6.45, 7) is 0. The van der Waals surface area contributed by atoms with Crippen molar-refractivity contribution < 1.29 is 23.9 Å². The van der Waals surface area contributed by atoms with Gasteiger partial charge in [0, 0.05) is 6.42 Å². The molecule has 0 amide bonds. The zero-order chi connectivity index (χ0) is 11.4. The minimum Gasteiger partial charge on any atom is -0.469 e. The molecule has 0 N–H and O–H groups in total. The van der Waals surface area contributed by atoms with Crippen LogP contribution in [0, 0.1) is 0 Å². The van der Waals surface area contributed by atoms with Crippen LogP contribution in [0.15, 0.2) is 11.1 Å². The maximum atomic E-state index is 11.3. The van der Waals surface area contributed by atoms with Crippen LogP contribution in [0.1, 0.15) is 19.3 Å². The molecule has 0 heterocycles. The van der Waals surface area contributed by atoms with Crippen molar-refractivity contribution in [3.8, 4) is 0 Å². The molecule has 1 rings (SSSR count). The highest BCUT2D eigenvalue weighted by Gasteiger charge is 2.30. The first-order valence-electron chi connectivity index (χ1n) is 4.50. The van der Waals surface area contributed by atoms with E-state index < -0.39 is 11.9 Å². The van der Waals surface area contributed by atoms with E-state index in [1.807, 2.05) is 0 Å². The minimum atomic E-state index is -0.670. The summed E-state index contributed by atoms with van der Waals surface area (Å²) >= 11 is 0. The molecule has 0 spiro atoms. The van der Waals surface area contributed by atoms with Crippen molar-refractivity contribution in [1.29, 1.82) is 0 Å². The van der Waals surface area contributed by atoms with E-state index in [0.29, 0.717) is 12.0 Å². The summed E-state index contributed by atoms with van der Waals surface area (Å²) in [6.07, 6.45) is 0.668. The molecule has 0 saturated carbocycles. The van der Waals surface area contributed by atoms with Crippen LogP contribution in [-0.2, 0) is 23.9 Å². The van der Waals surface area contributed by atoms with Crippen LogP contribution in [0.4, 0.5) is 0 Å². The van der Waals surface area contributed by atoms with Crippen molar-refractivity contribution >= 4 is 17.7 Å². The fourth-order valence-electron chi connectivity index (χ4n) is 1.49. The number of carbonyl (C=O) groups excluding carboxylic acids is 3. The van der Waals surface area contributed by atoms with Gasteiger partial charge in [-0.3, -0.25) is 9.59 Å². The lowest BCUT2D eigenvalue weighted by molar-refractivity contribution is -0.139. The Hall–Kier alpha value is -1.65. The van der Waals surface area contributed by atoms with E-state index in [2.05, 4.69) is 9.47 Å². The van der Waals surface area contributed by atoms with Gasteiger partial charge in [0.05, 0.1) is 20.6 Å².